The Morgan fingerprint density at radius 3 is 0.667 bits per heavy atom. The van der Waals surface area contributed by atoms with Crippen molar-refractivity contribution in [1.29, 1.82) is 0 Å². The molecule has 17 nitrogen and oxygen atoms in total. The molecular weight excluding hydrogens is 1330 g/mol. The number of phosphoric acid groups is 2. The number of phosphoric ester groups is 2. The predicted molar refractivity (Wildman–Crippen MR) is 418 cm³/mol. The van der Waals surface area contributed by atoms with E-state index in [0.717, 1.165) is 96.3 Å². The third-order valence-electron chi connectivity index (χ3n) is 19.5. The number of hydrogen-bond acceptors (Lipinski definition) is 15. The number of aliphatic hydroxyl groups excluding tert-OH is 1. The number of esters is 4. The van der Waals surface area contributed by atoms with Crippen molar-refractivity contribution in [3.63, 3.8) is 0 Å². The molecule has 2 unspecified atom stereocenters. The summed E-state index contributed by atoms with van der Waals surface area (Å²) in [6.07, 6.45) is 68.3. The average molecular weight is 1490 g/mol. The van der Waals surface area contributed by atoms with E-state index in [1.165, 1.54) is 263 Å². The molecule has 0 aliphatic rings. The number of carbonyl (C=O) groups is 4. The van der Waals surface area contributed by atoms with Gasteiger partial charge >= 0.3 is 39.5 Å². The molecule has 0 fully saturated rings. The van der Waals surface area contributed by atoms with Gasteiger partial charge in [-0.15, -0.1) is 0 Å². The second-order valence-corrected chi connectivity index (χ2v) is 33.3. The van der Waals surface area contributed by atoms with Gasteiger partial charge in [0.05, 0.1) is 26.4 Å². The monoisotopic (exact) mass is 1490 g/mol. The molecular formula is C83H162O17P2. The van der Waals surface area contributed by atoms with Crippen LogP contribution in [0.4, 0.5) is 0 Å². The number of rotatable bonds is 83. The van der Waals surface area contributed by atoms with Gasteiger partial charge in [0.25, 0.3) is 0 Å². The first-order valence-electron chi connectivity index (χ1n) is 43.1. The summed E-state index contributed by atoms with van der Waals surface area (Å²) in [4.78, 5) is 73.0. The second kappa shape index (κ2) is 75.9. The maximum atomic E-state index is 13.1. The number of unbranched alkanes of at least 4 members (excludes halogenated alkanes) is 55. The van der Waals surface area contributed by atoms with Crippen molar-refractivity contribution in [1.82, 2.24) is 0 Å². The van der Waals surface area contributed by atoms with Crippen molar-refractivity contribution >= 4 is 39.5 Å². The molecule has 0 aromatic rings. The van der Waals surface area contributed by atoms with Crippen LogP contribution < -0.4 is 0 Å². The lowest BCUT2D eigenvalue weighted by Crippen LogP contribution is -2.30. The Labute approximate surface area is 626 Å². The van der Waals surface area contributed by atoms with E-state index in [1.54, 1.807) is 0 Å². The molecule has 0 aliphatic heterocycles. The van der Waals surface area contributed by atoms with Crippen LogP contribution in [0, 0.1) is 5.92 Å². The van der Waals surface area contributed by atoms with Crippen molar-refractivity contribution < 1.29 is 80.2 Å². The first-order chi connectivity index (χ1) is 49.5. The topological polar surface area (TPSA) is 237 Å². The highest BCUT2D eigenvalue weighted by molar-refractivity contribution is 7.47. The first-order valence-corrected chi connectivity index (χ1v) is 46.1. The van der Waals surface area contributed by atoms with Crippen LogP contribution in [0.25, 0.3) is 0 Å². The van der Waals surface area contributed by atoms with Gasteiger partial charge in [-0.3, -0.25) is 37.3 Å². The third kappa shape index (κ3) is 76.3. The number of aliphatic hydroxyl groups is 1. The number of ether oxygens (including phenoxy) is 4. The van der Waals surface area contributed by atoms with Crippen molar-refractivity contribution in [3.05, 3.63) is 0 Å². The number of hydrogen-bond donors (Lipinski definition) is 3. The molecule has 5 atom stereocenters. The molecule has 0 saturated carbocycles. The fourth-order valence-electron chi connectivity index (χ4n) is 12.9. The van der Waals surface area contributed by atoms with Crippen molar-refractivity contribution in [3.8, 4) is 0 Å². The lowest BCUT2D eigenvalue weighted by Gasteiger charge is -2.21. The van der Waals surface area contributed by atoms with Gasteiger partial charge in [-0.05, 0) is 31.6 Å². The van der Waals surface area contributed by atoms with Crippen LogP contribution in [0.1, 0.15) is 446 Å². The van der Waals surface area contributed by atoms with Crippen LogP contribution in [0.15, 0.2) is 0 Å². The Morgan fingerprint density at radius 1 is 0.265 bits per heavy atom. The summed E-state index contributed by atoms with van der Waals surface area (Å²) in [7, 11) is -9.92. The standard InChI is InChI=1S/C83H162O17P2/c1-6-9-12-15-18-21-24-26-28-30-32-34-36-38-40-42-45-48-53-59-64-69-83(88)99-78(72-93-80(85)66-61-56-51-46-44-41-39-37-35-33-31-29-27-25-22-19-16-13-10-7-2)74-97-101(89,90)95-70-77(84)71-96-102(91,92)98-75-79(73-94-81(86)67-62-57-54-49-50-55-60-65-76(4)5)100-82(87)68-63-58-52-47-43-23-20-17-14-11-8-3/h76-79,84H,6-75H2,1-5H3,(H,89,90)(H,91,92)/t77-,78-,79-/m1/s1. The predicted octanol–water partition coefficient (Wildman–Crippen LogP) is 25.2. The van der Waals surface area contributed by atoms with Crippen molar-refractivity contribution in [2.75, 3.05) is 39.6 Å². The Morgan fingerprint density at radius 2 is 0.451 bits per heavy atom. The first kappa shape index (κ1) is 100. The van der Waals surface area contributed by atoms with E-state index >= 15 is 0 Å². The third-order valence-corrected chi connectivity index (χ3v) is 21.4. The molecule has 0 radical (unpaired) electrons. The van der Waals surface area contributed by atoms with E-state index < -0.39 is 97.5 Å². The summed E-state index contributed by atoms with van der Waals surface area (Å²) in [6, 6.07) is 0. The van der Waals surface area contributed by atoms with E-state index in [0.29, 0.717) is 31.6 Å². The van der Waals surface area contributed by atoms with Gasteiger partial charge in [-0.25, -0.2) is 9.13 Å². The zero-order valence-corrected chi connectivity index (χ0v) is 68.5. The van der Waals surface area contributed by atoms with Gasteiger partial charge in [-0.1, -0.05) is 394 Å². The smallest absolute Gasteiger partial charge is 0.462 e. The van der Waals surface area contributed by atoms with Crippen LogP contribution >= 0.6 is 15.6 Å². The zero-order valence-electron chi connectivity index (χ0n) is 66.8. The van der Waals surface area contributed by atoms with E-state index in [9.17, 15) is 43.2 Å². The SMILES string of the molecule is CCCCCCCCCCCCCCCCCCCCCCCC(=O)O[C@H](COC(=O)CCCCCCCCCCCCCCCCCCCCCC)COP(=O)(O)OC[C@@H](O)COP(=O)(O)OC[C@@H](COC(=O)CCCCCCCCCC(C)C)OC(=O)CCCCCCCCCCCCC. The molecule has 0 saturated heterocycles. The Bertz CT molecular complexity index is 1940. The molecule has 19 heteroatoms. The van der Waals surface area contributed by atoms with Gasteiger partial charge in [0, 0.05) is 25.7 Å². The average Bonchev–Trinajstić information content (AvgIpc) is 0.934. The van der Waals surface area contributed by atoms with Gasteiger partial charge in [0.15, 0.2) is 12.2 Å². The van der Waals surface area contributed by atoms with Crippen LogP contribution in [-0.2, 0) is 65.4 Å². The fraction of sp³-hybridized carbons (Fsp3) is 0.952. The molecule has 0 heterocycles. The molecule has 0 aromatic heterocycles. The maximum absolute atomic E-state index is 13.1. The highest BCUT2D eigenvalue weighted by Gasteiger charge is 2.30. The van der Waals surface area contributed by atoms with Crippen LogP contribution in [0.2, 0.25) is 0 Å². The van der Waals surface area contributed by atoms with E-state index in [2.05, 4.69) is 34.6 Å². The molecule has 0 spiro atoms. The minimum Gasteiger partial charge on any atom is -0.462 e. The highest BCUT2D eigenvalue weighted by Crippen LogP contribution is 2.45. The summed E-state index contributed by atoms with van der Waals surface area (Å²) < 4.78 is 68.7. The normalized spacial score (nSPS) is 13.8. The lowest BCUT2D eigenvalue weighted by atomic mass is 10.0. The summed E-state index contributed by atoms with van der Waals surface area (Å²) in [5, 5.41) is 10.6. The highest BCUT2D eigenvalue weighted by atomic mass is 31.2. The maximum Gasteiger partial charge on any atom is 0.472 e. The molecule has 102 heavy (non-hydrogen) atoms. The molecule has 606 valence electrons. The van der Waals surface area contributed by atoms with Gasteiger partial charge < -0.3 is 33.8 Å². The largest absolute Gasteiger partial charge is 0.472 e. The molecule has 0 amide bonds. The minimum absolute atomic E-state index is 0.107. The van der Waals surface area contributed by atoms with E-state index in [-0.39, 0.29) is 25.7 Å². The lowest BCUT2D eigenvalue weighted by molar-refractivity contribution is -0.161. The fourth-order valence-corrected chi connectivity index (χ4v) is 14.5. The van der Waals surface area contributed by atoms with Gasteiger partial charge in [0.2, 0.25) is 0 Å². The van der Waals surface area contributed by atoms with E-state index in [1.807, 2.05) is 0 Å². The second-order valence-electron chi connectivity index (χ2n) is 30.3. The van der Waals surface area contributed by atoms with Gasteiger partial charge in [0.1, 0.15) is 19.3 Å². The molecule has 0 rings (SSSR count). The zero-order chi connectivity index (χ0) is 74.8. The van der Waals surface area contributed by atoms with Crippen molar-refractivity contribution in [2.45, 2.75) is 464 Å². The van der Waals surface area contributed by atoms with E-state index in [4.69, 9.17) is 37.0 Å². The minimum atomic E-state index is -4.96. The van der Waals surface area contributed by atoms with Crippen LogP contribution in [0.3, 0.4) is 0 Å². The van der Waals surface area contributed by atoms with Crippen LogP contribution in [-0.4, -0.2) is 96.7 Å². The molecule has 0 aromatic carbocycles. The molecule has 3 N–H and O–H groups in total. The Balaban J connectivity index is 5.19. The quantitative estimate of drug-likeness (QED) is 0.0222. The number of carbonyl (C=O) groups excluding carboxylic acids is 4. The van der Waals surface area contributed by atoms with Gasteiger partial charge in [-0.2, -0.15) is 0 Å². The Hall–Kier alpha value is -1.94. The van der Waals surface area contributed by atoms with Crippen LogP contribution in [0.5, 0.6) is 0 Å². The molecule has 0 bridgehead atoms. The summed E-state index contributed by atoms with van der Waals surface area (Å²) in [5.41, 5.74) is 0. The Kier molecular flexibility index (Phi) is 74.4. The van der Waals surface area contributed by atoms with Crippen molar-refractivity contribution in [2.24, 2.45) is 5.92 Å². The summed E-state index contributed by atoms with van der Waals surface area (Å²) in [6.45, 7) is 7.27. The summed E-state index contributed by atoms with van der Waals surface area (Å²) >= 11 is 0. The summed E-state index contributed by atoms with van der Waals surface area (Å²) in [5.74, 6) is -1.40. The molecule has 0 aliphatic carbocycles.